The molecule has 1 unspecified atom stereocenters. The molecule has 1 N–H and O–H groups in total. The molecule has 3 heteroatoms. The molecule has 2 nitrogen and oxygen atoms in total. The van der Waals surface area contributed by atoms with Gasteiger partial charge in [-0.1, -0.05) is 27.7 Å². The van der Waals surface area contributed by atoms with E-state index in [4.69, 9.17) is 11.6 Å². The van der Waals surface area contributed by atoms with Crippen LogP contribution >= 0.6 is 11.6 Å². The summed E-state index contributed by atoms with van der Waals surface area (Å²) in [5, 5.41) is 2.89. The lowest BCUT2D eigenvalue weighted by atomic mass is 10.0. The van der Waals surface area contributed by atoms with E-state index >= 15 is 0 Å². The predicted octanol–water partition coefficient (Wildman–Crippen LogP) is 2.41. The Balaban J connectivity index is 2.50. The van der Waals surface area contributed by atoms with Crippen molar-refractivity contribution in [2.45, 2.75) is 40.0 Å². The molecule has 0 saturated heterocycles. The van der Waals surface area contributed by atoms with E-state index in [-0.39, 0.29) is 28.0 Å². The summed E-state index contributed by atoms with van der Waals surface area (Å²) in [5.41, 5.74) is 0.235. The quantitative estimate of drug-likeness (QED) is 0.723. The molecule has 0 radical (unpaired) electrons. The summed E-state index contributed by atoms with van der Waals surface area (Å²) in [7, 11) is 0. The Morgan fingerprint density at radius 1 is 1.36 bits per heavy atom. The molecule has 14 heavy (non-hydrogen) atoms. The molecule has 1 aliphatic carbocycles. The molecule has 0 heterocycles. The van der Waals surface area contributed by atoms with E-state index in [0.717, 1.165) is 0 Å². The molecule has 0 aromatic carbocycles. The van der Waals surface area contributed by atoms with Crippen LogP contribution in [-0.4, -0.2) is 17.8 Å². The van der Waals surface area contributed by atoms with E-state index in [2.05, 4.69) is 33.0 Å². The van der Waals surface area contributed by atoms with Crippen molar-refractivity contribution in [2.24, 2.45) is 16.7 Å². The van der Waals surface area contributed by atoms with Gasteiger partial charge >= 0.3 is 0 Å². The topological polar surface area (TPSA) is 29.1 Å². The van der Waals surface area contributed by atoms with Gasteiger partial charge < -0.3 is 5.32 Å². The molecule has 0 bridgehead atoms. The number of carbonyl (C=O) groups excluding carboxylic acids is 1. The van der Waals surface area contributed by atoms with E-state index in [0.29, 0.717) is 6.54 Å². The summed E-state index contributed by atoms with van der Waals surface area (Å²) < 4.78 is 0. The first-order chi connectivity index (χ1) is 6.21. The molecule has 1 atom stereocenters. The minimum absolute atomic E-state index is 0.00363. The van der Waals surface area contributed by atoms with Crippen molar-refractivity contribution in [1.82, 2.24) is 5.32 Å². The fourth-order valence-corrected chi connectivity index (χ4v) is 2.27. The lowest BCUT2D eigenvalue weighted by molar-refractivity contribution is -0.123. The van der Waals surface area contributed by atoms with E-state index in [1.807, 2.05) is 6.92 Å². The average Bonchev–Trinajstić information content (AvgIpc) is 2.39. The number of nitrogens with one attached hydrogen (secondary N) is 1. The van der Waals surface area contributed by atoms with Crippen molar-refractivity contribution in [2.75, 3.05) is 6.54 Å². The Hall–Kier alpha value is -0.240. The first kappa shape index (κ1) is 11.8. The Morgan fingerprint density at radius 3 is 2.07 bits per heavy atom. The molecule has 1 amide bonds. The van der Waals surface area contributed by atoms with Gasteiger partial charge in [-0.3, -0.25) is 4.79 Å². The lowest BCUT2D eigenvalue weighted by Crippen LogP contribution is -2.31. The lowest BCUT2D eigenvalue weighted by Gasteiger charge is -2.07. The molecular formula is C11H20ClNO. The molecule has 0 aliphatic heterocycles. The number of hydrogen-bond donors (Lipinski definition) is 1. The summed E-state index contributed by atoms with van der Waals surface area (Å²) >= 11 is 5.77. The number of hydrogen-bond acceptors (Lipinski definition) is 1. The largest absolute Gasteiger partial charge is 0.354 e. The van der Waals surface area contributed by atoms with Gasteiger partial charge in [0.15, 0.2) is 0 Å². The van der Waals surface area contributed by atoms with Crippen molar-refractivity contribution in [3.63, 3.8) is 0 Å². The summed E-state index contributed by atoms with van der Waals surface area (Å²) in [5.74, 6) is 0.276. The number of amides is 1. The molecule has 1 fully saturated rings. The Labute approximate surface area is 91.4 Å². The fraction of sp³-hybridized carbons (Fsp3) is 0.909. The molecule has 0 spiro atoms. The summed E-state index contributed by atoms with van der Waals surface area (Å²) in [6.07, 6.45) is 0. The van der Waals surface area contributed by atoms with E-state index in [1.165, 1.54) is 0 Å². The zero-order chi connectivity index (χ0) is 11.1. The van der Waals surface area contributed by atoms with Crippen molar-refractivity contribution in [3.8, 4) is 0 Å². The highest BCUT2D eigenvalue weighted by molar-refractivity contribution is 6.20. The minimum atomic E-state index is 0.00363. The van der Waals surface area contributed by atoms with Crippen LogP contribution in [0.25, 0.3) is 0 Å². The second-order valence-electron chi connectivity index (χ2n) is 5.40. The van der Waals surface area contributed by atoms with Crippen LogP contribution in [0.15, 0.2) is 0 Å². The van der Waals surface area contributed by atoms with Gasteiger partial charge in [-0.05, 0) is 17.8 Å². The van der Waals surface area contributed by atoms with E-state index in [9.17, 15) is 4.79 Å². The first-order valence-electron chi connectivity index (χ1n) is 5.13. The third-order valence-electron chi connectivity index (χ3n) is 3.84. The van der Waals surface area contributed by atoms with Gasteiger partial charge in [-0.2, -0.15) is 0 Å². The Kier molecular flexibility index (Phi) is 2.88. The van der Waals surface area contributed by atoms with Crippen LogP contribution in [0.5, 0.6) is 0 Å². The Morgan fingerprint density at radius 2 is 1.79 bits per heavy atom. The highest BCUT2D eigenvalue weighted by Crippen LogP contribution is 2.68. The number of alkyl halides is 1. The van der Waals surface area contributed by atoms with Crippen molar-refractivity contribution >= 4 is 17.5 Å². The number of halogens is 1. The van der Waals surface area contributed by atoms with Gasteiger partial charge in [0, 0.05) is 17.8 Å². The molecule has 1 aliphatic rings. The van der Waals surface area contributed by atoms with Gasteiger partial charge in [0.1, 0.15) is 0 Å². The predicted molar refractivity (Wildman–Crippen MR) is 59.4 cm³/mol. The van der Waals surface area contributed by atoms with Crippen molar-refractivity contribution in [3.05, 3.63) is 0 Å². The van der Waals surface area contributed by atoms with E-state index in [1.54, 1.807) is 0 Å². The highest BCUT2D eigenvalue weighted by atomic mass is 35.5. The zero-order valence-electron chi connectivity index (χ0n) is 9.65. The molecule has 1 rings (SSSR count). The third-order valence-corrected chi connectivity index (χ3v) is 3.99. The SMILES string of the molecule is CC(Cl)CNC(=O)C1C(C)(C)C1(C)C. The highest BCUT2D eigenvalue weighted by Gasteiger charge is 2.68. The number of carbonyl (C=O) groups is 1. The van der Waals surface area contributed by atoms with Crippen LogP contribution < -0.4 is 5.32 Å². The van der Waals surface area contributed by atoms with Gasteiger partial charge in [0.2, 0.25) is 5.91 Å². The molecule has 1 saturated carbocycles. The summed E-state index contributed by atoms with van der Waals surface area (Å²) in [6, 6.07) is 0. The summed E-state index contributed by atoms with van der Waals surface area (Å²) in [4.78, 5) is 11.8. The van der Waals surface area contributed by atoms with Crippen LogP contribution in [0.3, 0.4) is 0 Å². The second-order valence-corrected chi connectivity index (χ2v) is 6.15. The van der Waals surface area contributed by atoms with Crippen molar-refractivity contribution in [1.29, 1.82) is 0 Å². The Bertz CT molecular complexity index is 232. The molecular weight excluding hydrogens is 198 g/mol. The molecule has 0 aromatic rings. The van der Waals surface area contributed by atoms with Crippen LogP contribution in [0.4, 0.5) is 0 Å². The monoisotopic (exact) mass is 217 g/mol. The average molecular weight is 218 g/mol. The first-order valence-corrected chi connectivity index (χ1v) is 5.56. The minimum Gasteiger partial charge on any atom is -0.354 e. The van der Waals surface area contributed by atoms with Crippen LogP contribution in [0.1, 0.15) is 34.6 Å². The normalized spacial score (nSPS) is 25.6. The zero-order valence-corrected chi connectivity index (χ0v) is 10.4. The van der Waals surface area contributed by atoms with Gasteiger partial charge in [-0.15, -0.1) is 11.6 Å². The van der Waals surface area contributed by atoms with Gasteiger partial charge in [0.05, 0.1) is 0 Å². The third kappa shape index (κ3) is 1.77. The van der Waals surface area contributed by atoms with E-state index < -0.39 is 0 Å². The fourth-order valence-electron chi connectivity index (χ4n) is 2.20. The maximum atomic E-state index is 11.8. The smallest absolute Gasteiger partial charge is 0.224 e. The van der Waals surface area contributed by atoms with Crippen molar-refractivity contribution < 1.29 is 4.79 Å². The molecule has 0 aromatic heterocycles. The maximum absolute atomic E-state index is 11.8. The van der Waals surface area contributed by atoms with Crippen LogP contribution in [0, 0.1) is 16.7 Å². The van der Waals surface area contributed by atoms with Gasteiger partial charge in [0.25, 0.3) is 0 Å². The standard InChI is InChI=1S/C11H20ClNO/c1-7(12)6-13-9(14)8-10(2,3)11(8,4)5/h7-8H,6H2,1-5H3,(H,13,14). The summed E-state index contributed by atoms with van der Waals surface area (Å²) in [6.45, 7) is 11.0. The second kappa shape index (κ2) is 3.41. The molecule has 82 valence electrons. The maximum Gasteiger partial charge on any atom is 0.224 e. The number of rotatable bonds is 3. The van der Waals surface area contributed by atoms with Gasteiger partial charge in [-0.25, -0.2) is 0 Å². The van der Waals surface area contributed by atoms with Crippen LogP contribution in [-0.2, 0) is 4.79 Å². The van der Waals surface area contributed by atoms with Crippen LogP contribution in [0.2, 0.25) is 0 Å².